The number of pyridine rings is 1. The van der Waals surface area contributed by atoms with Gasteiger partial charge in [-0.1, -0.05) is 54.5 Å². The number of aryl methyl sites for hydroxylation is 2. The van der Waals surface area contributed by atoms with Crippen molar-refractivity contribution in [1.82, 2.24) is 14.1 Å². The summed E-state index contributed by atoms with van der Waals surface area (Å²) in [6, 6.07) is 25.3. The SMILES string of the molecule is C#Cc1cccc(-c2cc(=O)n(C)c3ccc([C@](N)(c4ccccc4)c4cncn4C)cc23)c1. The van der Waals surface area contributed by atoms with Crippen molar-refractivity contribution >= 4 is 10.9 Å². The van der Waals surface area contributed by atoms with Crippen molar-refractivity contribution in [2.75, 3.05) is 0 Å². The molecule has 2 N–H and O–H groups in total. The molecule has 34 heavy (non-hydrogen) atoms. The first-order valence-electron chi connectivity index (χ1n) is 11.0. The Kier molecular flexibility index (Phi) is 5.16. The smallest absolute Gasteiger partial charge is 0.251 e. The zero-order valence-corrected chi connectivity index (χ0v) is 19.1. The van der Waals surface area contributed by atoms with E-state index in [1.807, 2.05) is 78.3 Å². The molecule has 0 unspecified atom stereocenters. The van der Waals surface area contributed by atoms with Crippen molar-refractivity contribution in [3.05, 3.63) is 124 Å². The number of nitrogens with zero attached hydrogens (tertiary/aromatic N) is 3. The third-order valence-electron chi connectivity index (χ3n) is 6.49. The molecule has 166 valence electrons. The highest BCUT2D eigenvalue weighted by molar-refractivity contribution is 5.95. The van der Waals surface area contributed by atoms with Crippen LogP contribution in [0.15, 0.2) is 96.2 Å². The Balaban J connectivity index is 1.84. The number of hydrogen-bond acceptors (Lipinski definition) is 3. The Morgan fingerprint density at radius 2 is 1.74 bits per heavy atom. The van der Waals surface area contributed by atoms with Gasteiger partial charge in [0.05, 0.1) is 23.7 Å². The summed E-state index contributed by atoms with van der Waals surface area (Å²) in [7, 11) is 3.72. The van der Waals surface area contributed by atoms with Crippen LogP contribution in [0.3, 0.4) is 0 Å². The first-order valence-corrected chi connectivity index (χ1v) is 11.0. The number of imidazole rings is 1. The highest BCUT2D eigenvalue weighted by Crippen LogP contribution is 2.37. The van der Waals surface area contributed by atoms with E-state index in [0.29, 0.717) is 0 Å². The van der Waals surface area contributed by atoms with E-state index in [2.05, 4.69) is 17.0 Å². The van der Waals surface area contributed by atoms with Crippen molar-refractivity contribution in [3.8, 4) is 23.5 Å². The number of terminal acetylenes is 1. The van der Waals surface area contributed by atoms with Gasteiger partial charge in [-0.25, -0.2) is 4.98 Å². The molecular formula is C29H24N4O. The van der Waals surface area contributed by atoms with Crippen LogP contribution in [0.1, 0.15) is 22.4 Å². The van der Waals surface area contributed by atoms with E-state index in [0.717, 1.165) is 44.4 Å². The number of rotatable bonds is 4. The summed E-state index contributed by atoms with van der Waals surface area (Å²) in [6.07, 6.45) is 9.19. The molecule has 0 amide bonds. The molecule has 5 heteroatoms. The van der Waals surface area contributed by atoms with Gasteiger partial charge in [-0.2, -0.15) is 0 Å². The van der Waals surface area contributed by atoms with Crippen molar-refractivity contribution < 1.29 is 0 Å². The Hall–Kier alpha value is -4.40. The average Bonchev–Trinajstić information content (AvgIpc) is 3.32. The van der Waals surface area contributed by atoms with Crippen molar-refractivity contribution in [2.45, 2.75) is 5.54 Å². The zero-order chi connectivity index (χ0) is 23.9. The fraction of sp³-hybridized carbons (Fsp3) is 0.103. The summed E-state index contributed by atoms with van der Waals surface area (Å²) in [4.78, 5) is 17.1. The minimum Gasteiger partial charge on any atom is -0.336 e. The molecule has 5 nitrogen and oxygen atoms in total. The van der Waals surface area contributed by atoms with Gasteiger partial charge in [0.25, 0.3) is 5.56 Å². The largest absolute Gasteiger partial charge is 0.336 e. The zero-order valence-electron chi connectivity index (χ0n) is 19.1. The van der Waals surface area contributed by atoms with E-state index in [1.165, 1.54) is 0 Å². The molecule has 0 saturated heterocycles. The minimum absolute atomic E-state index is 0.0879. The molecule has 2 aromatic heterocycles. The van der Waals surface area contributed by atoms with Crippen LogP contribution in [0, 0.1) is 12.3 Å². The van der Waals surface area contributed by atoms with Gasteiger partial charge in [-0.15, -0.1) is 6.42 Å². The van der Waals surface area contributed by atoms with Crippen LogP contribution < -0.4 is 11.3 Å². The van der Waals surface area contributed by atoms with Gasteiger partial charge in [-0.3, -0.25) is 4.79 Å². The third kappa shape index (κ3) is 3.33. The summed E-state index contributed by atoms with van der Waals surface area (Å²) >= 11 is 0. The van der Waals surface area contributed by atoms with E-state index in [9.17, 15) is 4.79 Å². The van der Waals surface area contributed by atoms with Gasteiger partial charge < -0.3 is 14.9 Å². The number of nitrogens with two attached hydrogens (primary N) is 1. The molecule has 5 aromatic rings. The predicted molar refractivity (Wildman–Crippen MR) is 136 cm³/mol. The molecule has 0 aliphatic rings. The minimum atomic E-state index is -0.951. The molecule has 1 atom stereocenters. The fourth-order valence-electron chi connectivity index (χ4n) is 4.62. The van der Waals surface area contributed by atoms with Gasteiger partial charge in [0.15, 0.2) is 0 Å². The Labute approximate surface area is 198 Å². The molecular weight excluding hydrogens is 420 g/mol. The maximum atomic E-state index is 12.8. The first-order chi connectivity index (χ1) is 16.4. The standard InChI is InChI=1S/C29H24N4O/c1-4-20-9-8-10-21(15-20)24-17-28(34)33(3)26-14-13-23(16-25(24)26)29(30,22-11-6-5-7-12-22)27-18-31-19-32(27)2/h1,5-19H,30H2,2-3H3/t29-/m1/s1. The molecule has 3 aromatic carbocycles. The lowest BCUT2D eigenvalue weighted by molar-refractivity contribution is 0.596. The molecule has 0 fully saturated rings. The Bertz CT molecular complexity index is 1620. The quantitative estimate of drug-likeness (QED) is 0.423. The van der Waals surface area contributed by atoms with E-state index in [1.54, 1.807) is 30.2 Å². The number of benzene rings is 3. The fourth-order valence-corrected chi connectivity index (χ4v) is 4.62. The van der Waals surface area contributed by atoms with Crippen LogP contribution in [-0.4, -0.2) is 14.1 Å². The van der Waals surface area contributed by atoms with E-state index >= 15 is 0 Å². The second-order valence-corrected chi connectivity index (χ2v) is 8.48. The number of fused-ring (bicyclic) bond motifs is 1. The monoisotopic (exact) mass is 444 g/mol. The Morgan fingerprint density at radius 3 is 2.44 bits per heavy atom. The summed E-state index contributed by atoms with van der Waals surface area (Å²) in [5.41, 5.74) is 12.2. The molecule has 2 heterocycles. The van der Waals surface area contributed by atoms with Gasteiger partial charge in [0.2, 0.25) is 0 Å². The van der Waals surface area contributed by atoms with Crippen molar-refractivity contribution in [3.63, 3.8) is 0 Å². The van der Waals surface area contributed by atoms with E-state index in [-0.39, 0.29) is 5.56 Å². The highest BCUT2D eigenvalue weighted by atomic mass is 16.1. The topological polar surface area (TPSA) is 65.8 Å². The highest BCUT2D eigenvalue weighted by Gasteiger charge is 2.35. The summed E-state index contributed by atoms with van der Waals surface area (Å²) in [5.74, 6) is 2.68. The Morgan fingerprint density at radius 1 is 0.941 bits per heavy atom. The molecule has 0 saturated carbocycles. The second kappa shape index (κ2) is 8.18. The molecule has 0 radical (unpaired) electrons. The van der Waals surface area contributed by atoms with Crippen LogP contribution in [0.25, 0.3) is 22.0 Å². The van der Waals surface area contributed by atoms with Gasteiger partial charge in [0, 0.05) is 31.1 Å². The molecule has 0 aliphatic heterocycles. The predicted octanol–water partition coefficient (Wildman–Crippen LogP) is 4.17. The maximum Gasteiger partial charge on any atom is 0.251 e. The van der Waals surface area contributed by atoms with Crippen molar-refractivity contribution in [1.29, 1.82) is 0 Å². The summed E-state index contributed by atoms with van der Waals surface area (Å²) < 4.78 is 3.59. The van der Waals surface area contributed by atoms with Gasteiger partial charge in [-0.05, 0) is 46.5 Å². The third-order valence-corrected chi connectivity index (χ3v) is 6.49. The van der Waals surface area contributed by atoms with Crippen LogP contribution in [0.2, 0.25) is 0 Å². The van der Waals surface area contributed by atoms with Crippen LogP contribution in [0.5, 0.6) is 0 Å². The first kappa shape index (κ1) is 21.4. The summed E-state index contributed by atoms with van der Waals surface area (Å²) in [6.45, 7) is 0. The summed E-state index contributed by atoms with van der Waals surface area (Å²) in [5, 5.41) is 0.918. The lowest BCUT2D eigenvalue weighted by Crippen LogP contribution is -2.41. The second-order valence-electron chi connectivity index (χ2n) is 8.48. The van der Waals surface area contributed by atoms with E-state index in [4.69, 9.17) is 12.2 Å². The van der Waals surface area contributed by atoms with E-state index < -0.39 is 5.54 Å². The number of aromatic nitrogens is 3. The van der Waals surface area contributed by atoms with Gasteiger partial charge >= 0.3 is 0 Å². The molecule has 5 rings (SSSR count). The number of hydrogen-bond donors (Lipinski definition) is 1. The maximum absolute atomic E-state index is 12.8. The average molecular weight is 445 g/mol. The lowest BCUT2D eigenvalue weighted by atomic mass is 9.80. The van der Waals surface area contributed by atoms with Crippen LogP contribution in [-0.2, 0) is 19.6 Å². The van der Waals surface area contributed by atoms with Gasteiger partial charge in [0.1, 0.15) is 5.54 Å². The normalized spacial score (nSPS) is 12.9. The molecule has 0 aliphatic carbocycles. The molecule has 0 bridgehead atoms. The van der Waals surface area contributed by atoms with Crippen LogP contribution in [0.4, 0.5) is 0 Å². The van der Waals surface area contributed by atoms with Crippen LogP contribution >= 0.6 is 0 Å². The van der Waals surface area contributed by atoms with Crippen molar-refractivity contribution in [2.24, 2.45) is 19.8 Å². The molecule has 0 spiro atoms. The lowest BCUT2D eigenvalue weighted by Gasteiger charge is -2.31.